The predicted molar refractivity (Wildman–Crippen MR) is 127 cm³/mol. The fourth-order valence-corrected chi connectivity index (χ4v) is 4.78. The fourth-order valence-electron chi connectivity index (χ4n) is 3.73. The van der Waals surface area contributed by atoms with E-state index in [0.29, 0.717) is 33.6 Å². The standard InChI is InChI=1S/C26H18FN3OS/c1-2-15-30-24-20(27)12-8-14-23(24)32-26(30)29-25(31)19-16-22(17-9-4-3-5-10-17)28-21-13-7-6-11-18(19)21/h2-14,16H,1,15H2. The van der Waals surface area contributed by atoms with Gasteiger partial charge in [0.2, 0.25) is 0 Å². The number of para-hydroxylation sites is 2. The molecular formula is C26H18FN3OS. The van der Waals surface area contributed by atoms with E-state index in [1.165, 1.54) is 17.4 Å². The fraction of sp³-hybridized carbons (Fsp3) is 0.0385. The number of allylic oxidation sites excluding steroid dienone is 1. The Labute approximate surface area is 187 Å². The molecular weight excluding hydrogens is 421 g/mol. The van der Waals surface area contributed by atoms with Crippen LogP contribution in [0.5, 0.6) is 0 Å². The number of fused-ring (bicyclic) bond motifs is 2. The zero-order valence-electron chi connectivity index (χ0n) is 17.0. The minimum Gasteiger partial charge on any atom is -0.310 e. The molecule has 0 saturated heterocycles. The van der Waals surface area contributed by atoms with Gasteiger partial charge < -0.3 is 4.57 Å². The van der Waals surface area contributed by atoms with Gasteiger partial charge in [-0.3, -0.25) is 4.79 Å². The molecule has 156 valence electrons. The van der Waals surface area contributed by atoms with Crippen molar-refractivity contribution >= 4 is 38.4 Å². The zero-order valence-corrected chi connectivity index (χ0v) is 17.8. The van der Waals surface area contributed by atoms with Crippen molar-refractivity contribution in [3.63, 3.8) is 0 Å². The molecule has 0 saturated carbocycles. The molecule has 3 aromatic carbocycles. The van der Waals surface area contributed by atoms with Crippen molar-refractivity contribution in [2.75, 3.05) is 0 Å². The van der Waals surface area contributed by atoms with Crippen molar-refractivity contribution in [2.45, 2.75) is 6.54 Å². The number of nitrogens with zero attached hydrogens (tertiary/aromatic N) is 3. The third-order valence-corrected chi connectivity index (χ3v) is 6.22. The lowest BCUT2D eigenvalue weighted by Gasteiger charge is -2.08. The number of rotatable bonds is 4. The first-order chi connectivity index (χ1) is 15.7. The Kier molecular flexibility index (Phi) is 5.21. The summed E-state index contributed by atoms with van der Waals surface area (Å²) in [5.41, 5.74) is 3.21. The van der Waals surface area contributed by atoms with Gasteiger partial charge in [-0.15, -0.1) is 6.58 Å². The first-order valence-corrected chi connectivity index (χ1v) is 10.9. The van der Waals surface area contributed by atoms with Crippen LogP contribution < -0.4 is 4.80 Å². The summed E-state index contributed by atoms with van der Waals surface area (Å²) in [5.74, 6) is -0.749. The third kappa shape index (κ3) is 3.55. The lowest BCUT2D eigenvalue weighted by atomic mass is 10.0. The number of benzene rings is 3. The molecule has 0 atom stereocenters. The minimum atomic E-state index is -0.398. The van der Waals surface area contributed by atoms with Crippen molar-refractivity contribution in [1.82, 2.24) is 9.55 Å². The van der Waals surface area contributed by atoms with E-state index in [1.54, 1.807) is 22.8 Å². The van der Waals surface area contributed by atoms with Crippen LogP contribution in [0, 0.1) is 5.82 Å². The maximum atomic E-state index is 14.5. The zero-order chi connectivity index (χ0) is 22.1. The molecule has 2 aromatic heterocycles. The van der Waals surface area contributed by atoms with E-state index in [9.17, 15) is 9.18 Å². The van der Waals surface area contributed by atoms with Gasteiger partial charge in [-0.25, -0.2) is 9.37 Å². The molecule has 0 spiro atoms. The quantitative estimate of drug-likeness (QED) is 0.323. The second-order valence-electron chi connectivity index (χ2n) is 7.23. The molecule has 5 rings (SSSR count). The van der Waals surface area contributed by atoms with Gasteiger partial charge in [0.15, 0.2) is 4.80 Å². The lowest BCUT2D eigenvalue weighted by molar-refractivity contribution is 0.0999. The summed E-state index contributed by atoms with van der Waals surface area (Å²) >= 11 is 1.28. The van der Waals surface area contributed by atoms with E-state index >= 15 is 0 Å². The van der Waals surface area contributed by atoms with Crippen LogP contribution in [0.15, 0.2) is 96.5 Å². The van der Waals surface area contributed by atoms with E-state index in [-0.39, 0.29) is 5.82 Å². The highest BCUT2D eigenvalue weighted by atomic mass is 32.1. The summed E-state index contributed by atoms with van der Waals surface area (Å²) < 4.78 is 16.9. The number of amides is 1. The highest BCUT2D eigenvalue weighted by molar-refractivity contribution is 7.16. The van der Waals surface area contributed by atoms with Gasteiger partial charge in [0.1, 0.15) is 5.82 Å². The van der Waals surface area contributed by atoms with Crippen LogP contribution >= 0.6 is 11.3 Å². The van der Waals surface area contributed by atoms with Crippen LogP contribution in [0.4, 0.5) is 4.39 Å². The average Bonchev–Trinajstić information content (AvgIpc) is 3.17. The Morgan fingerprint density at radius 3 is 2.66 bits per heavy atom. The first kappa shape index (κ1) is 20.0. The highest BCUT2D eigenvalue weighted by Crippen LogP contribution is 2.26. The first-order valence-electron chi connectivity index (χ1n) is 10.1. The van der Waals surface area contributed by atoms with Crippen LogP contribution in [0.1, 0.15) is 10.4 Å². The molecule has 6 heteroatoms. The molecule has 0 aliphatic heterocycles. The molecule has 0 fully saturated rings. The minimum absolute atomic E-state index is 0.347. The van der Waals surface area contributed by atoms with Gasteiger partial charge >= 0.3 is 0 Å². The summed E-state index contributed by atoms with van der Waals surface area (Å²) in [5, 5.41) is 0.725. The van der Waals surface area contributed by atoms with Crippen LogP contribution in [-0.4, -0.2) is 15.5 Å². The Balaban J connectivity index is 1.73. The van der Waals surface area contributed by atoms with Gasteiger partial charge in [-0.05, 0) is 24.3 Å². The number of thiazole rings is 1. The molecule has 2 heterocycles. The van der Waals surface area contributed by atoms with Crippen LogP contribution in [0.25, 0.3) is 32.4 Å². The van der Waals surface area contributed by atoms with Crippen molar-refractivity contribution in [1.29, 1.82) is 0 Å². The molecule has 0 aliphatic carbocycles. The number of carbonyl (C=O) groups excluding carboxylic acids is 1. The molecule has 0 radical (unpaired) electrons. The highest BCUT2D eigenvalue weighted by Gasteiger charge is 2.15. The number of pyridine rings is 1. The maximum absolute atomic E-state index is 14.5. The summed E-state index contributed by atoms with van der Waals surface area (Å²) in [7, 11) is 0. The van der Waals surface area contributed by atoms with Crippen LogP contribution in [0.3, 0.4) is 0 Å². The largest absolute Gasteiger partial charge is 0.310 e. The van der Waals surface area contributed by atoms with E-state index in [0.717, 1.165) is 15.6 Å². The number of carbonyl (C=O) groups is 1. The van der Waals surface area contributed by atoms with E-state index < -0.39 is 5.91 Å². The summed E-state index contributed by atoms with van der Waals surface area (Å²) in [4.78, 5) is 23.0. The second-order valence-corrected chi connectivity index (χ2v) is 8.23. The van der Waals surface area contributed by atoms with E-state index in [2.05, 4.69) is 11.6 Å². The van der Waals surface area contributed by atoms with E-state index in [4.69, 9.17) is 4.98 Å². The van der Waals surface area contributed by atoms with Gasteiger partial charge in [-0.2, -0.15) is 4.99 Å². The third-order valence-electron chi connectivity index (χ3n) is 5.18. The summed E-state index contributed by atoms with van der Waals surface area (Å²) in [6.07, 6.45) is 1.66. The number of hydrogen-bond donors (Lipinski definition) is 0. The lowest BCUT2D eigenvalue weighted by Crippen LogP contribution is -2.17. The van der Waals surface area contributed by atoms with Crippen LogP contribution in [0.2, 0.25) is 0 Å². The summed E-state index contributed by atoms with van der Waals surface area (Å²) in [6.45, 7) is 4.11. The van der Waals surface area contributed by atoms with Crippen molar-refractivity contribution in [2.24, 2.45) is 4.99 Å². The van der Waals surface area contributed by atoms with Crippen LogP contribution in [-0.2, 0) is 6.54 Å². The normalized spacial score (nSPS) is 11.8. The SMILES string of the molecule is C=CCn1c(=NC(=O)c2cc(-c3ccccc3)nc3ccccc23)sc2cccc(F)c21. The van der Waals surface area contributed by atoms with Gasteiger partial charge in [-0.1, -0.05) is 72.0 Å². The topological polar surface area (TPSA) is 47.2 Å². The molecule has 1 amide bonds. The molecule has 4 nitrogen and oxygen atoms in total. The molecule has 0 aliphatic rings. The average molecular weight is 440 g/mol. The maximum Gasteiger partial charge on any atom is 0.280 e. The molecule has 32 heavy (non-hydrogen) atoms. The summed E-state index contributed by atoms with van der Waals surface area (Å²) in [6, 6.07) is 23.9. The van der Waals surface area contributed by atoms with Gasteiger partial charge in [0, 0.05) is 17.5 Å². The molecule has 0 N–H and O–H groups in total. The predicted octanol–water partition coefficient (Wildman–Crippen LogP) is 5.98. The number of halogens is 1. The van der Waals surface area contributed by atoms with E-state index in [1.807, 2.05) is 60.7 Å². The Morgan fingerprint density at radius 1 is 1.06 bits per heavy atom. The number of hydrogen-bond acceptors (Lipinski definition) is 3. The molecule has 5 aromatic rings. The Morgan fingerprint density at radius 2 is 1.84 bits per heavy atom. The second kappa shape index (κ2) is 8.32. The van der Waals surface area contributed by atoms with Crippen molar-refractivity contribution in [3.8, 4) is 11.3 Å². The Hall–Kier alpha value is -3.90. The van der Waals surface area contributed by atoms with Gasteiger partial charge in [0.05, 0.1) is 27.0 Å². The molecule has 0 unspecified atom stereocenters. The van der Waals surface area contributed by atoms with Crippen molar-refractivity contribution < 1.29 is 9.18 Å². The molecule has 0 bridgehead atoms. The monoisotopic (exact) mass is 439 g/mol. The van der Waals surface area contributed by atoms with Gasteiger partial charge in [0.25, 0.3) is 5.91 Å². The Bertz CT molecular complexity index is 1550. The number of aromatic nitrogens is 2. The smallest absolute Gasteiger partial charge is 0.280 e. The van der Waals surface area contributed by atoms with Crippen molar-refractivity contribution in [3.05, 3.63) is 108 Å².